The van der Waals surface area contributed by atoms with Gasteiger partial charge in [-0.3, -0.25) is 9.69 Å². The summed E-state index contributed by atoms with van der Waals surface area (Å²) in [6, 6.07) is 3.54. The number of amides is 1. The Morgan fingerprint density at radius 1 is 1.26 bits per heavy atom. The standard InChI is InChI=1S/C23H30F3N5O3/c1-2-19(32)22(34)7-5-16(6-8-22)31-11-15(12-31)30-20(33)10-27-21-17-9-14(23(24,25)26)3-4-18(17)28-13-29-21/h3-4,9,13,15-16,19,32,34H,2,5-8,10-12H2,1H3,(H,30,33)(H,27,28,29)/t16-,19?,22-. The van der Waals surface area contributed by atoms with Gasteiger partial charge in [-0.05, 0) is 50.3 Å². The molecule has 1 unspecified atom stereocenters. The number of halogens is 3. The second-order valence-corrected chi connectivity index (χ2v) is 9.28. The molecule has 1 aromatic heterocycles. The van der Waals surface area contributed by atoms with Gasteiger partial charge >= 0.3 is 6.18 Å². The predicted octanol–water partition coefficient (Wildman–Crippen LogP) is 2.31. The molecule has 1 saturated carbocycles. The Labute approximate surface area is 195 Å². The minimum atomic E-state index is -4.48. The van der Waals surface area contributed by atoms with Crippen LogP contribution in [0.1, 0.15) is 44.6 Å². The van der Waals surface area contributed by atoms with Gasteiger partial charge < -0.3 is 20.8 Å². The third kappa shape index (κ3) is 5.26. The van der Waals surface area contributed by atoms with Crippen LogP contribution in [0.15, 0.2) is 24.5 Å². The van der Waals surface area contributed by atoms with Gasteiger partial charge in [0.05, 0.1) is 35.4 Å². The van der Waals surface area contributed by atoms with Crippen LogP contribution in [0.25, 0.3) is 10.9 Å². The summed E-state index contributed by atoms with van der Waals surface area (Å²) in [4.78, 5) is 22.6. The van der Waals surface area contributed by atoms with Crippen molar-refractivity contribution >= 4 is 22.6 Å². The summed E-state index contributed by atoms with van der Waals surface area (Å²) in [6.07, 6.45) is -0.683. The largest absolute Gasteiger partial charge is 0.416 e. The highest BCUT2D eigenvalue weighted by atomic mass is 19.4. The molecular weight excluding hydrogens is 451 g/mol. The van der Waals surface area contributed by atoms with E-state index in [2.05, 4.69) is 25.5 Å². The van der Waals surface area contributed by atoms with Crippen molar-refractivity contribution in [1.82, 2.24) is 20.2 Å². The summed E-state index contributed by atoms with van der Waals surface area (Å²) in [5, 5.41) is 26.6. The third-order valence-corrected chi connectivity index (χ3v) is 7.00. The Morgan fingerprint density at radius 3 is 2.62 bits per heavy atom. The van der Waals surface area contributed by atoms with Crippen molar-refractivity contribution in [1.29, 1.82) is 0 Å². The first-order valence-corrected chi connectivity index (χ1v) is 11.6. The van der Waals surface area contributed by atoms with E-state index in [4.69, 9.17) is 0 Å². The van der Waals surface area contributed by atoms with E-state index in [1.807, 2.05) is 6.92 Å². The minimum absolute atomic E-state index is 0.00434. The molecule has 186 valence electrons. The van der Waals surface area contributed by atoms with E-state index in [1.165, 1.54) is 12.4 Å². The van der Waals surface area contributed by atoms with Crippen molar-refractivity contribution in [2.24, 2.45) is 0 Å². The Kier molecular flexibility index (Phi) is 6.97. The second kappa shape index (κ2) is 9.63. The molecule has 2 aromatic rings. The van der Waals surface area contributed by atoms with Crippen LogP contribution in [-0.2, 0) is 11.0 Å². The number of fused-ring (bicyclic) bond motifs is 1. The number of aliphatic hydroxyl groups excluding tert-OH is 1. The number of nitrogens with zero attached hydrogens (tertiary/aromatic N) is 3. The Hall–Kier alpha value is -2.50. The predicted molar refractivity (Wildman–Crippen MR) is 120 cm³/mol. The van der Waals surface area contributed by atoms with Crippen molar-refractivity contribution in [3.8, 4) is 0 Å². The molecule has 2 heterocycles. The highest BCUT2D eigenvalue weighted by molar-refractivity contribution is 5.91. The quantitative estimate of drug-likeness (QED) is 0.480. The fourth-order valence-corrected chi connectivity index (χ4v) is 4.90. The van der Waals surface area contributed by atoms with E-state index in [1.54, 1.807) is 0 Å². The number of carbonyl (C=O) groups is 1. The molecule has 2 fully saturated rings. The maximum atomic E-state index is 13.1. The third-order valence-electron chi connectivity index (χ3n) is 7.00. The smallest absolute Gasteiger partial charge is 0.390 e. The van der Waals surface area contributed by atoms with Crippen LogP contribution < -0.4 is 10.6 Å². The molecule has 2 aliphatic rings. The summed E-state index contributed by atoms with van der Waals surface area (Å²) < 4.78 is 39.2. The summed E-state index contributed by atoms with van der Waals surface area (Å²) >= 11 is 0. The highest BCUT2D eigenvalue weighted by Crippen LogP contribution is 2.36. The van der Waals surface area contributed by atoms with Crippen LogP contribution in [0.5, 0.6) is 0 Å². The minimum Gasteiger partial charge on any atom is -0.390 e. The second-order valence-electron chi connectivity index (χ2n) is 9.28. The lowest BCUT2D eigenvalue weighted by Crippen LogP contribution is -2.63. The number of alkyl halides is 3. The van der Waals surface area contributed by atoms with E-state index in [9.17, 15) is 28.2 Å². The van der Waals surface area contributed by atoms with E-state index < -0.39 is 23.4 Å². The fourth-order valence-electron chi connectivity index (χ4n) is 4.90. The first-order valence-electron chi connectivity index (χ1n) is 11.6. The first kappa shape index (κ1) is 24.6. The molecule has 0 spiro atoms. The van der Waals surface area contributed by atoms with Gasteiger partial charge in [0, 0.05) is 24.5 Å². The molecule has 34 heavy (non-hydrogen) atoms. The molecule has 1 aromatic carbocycles. The van der Waals surface area contributed by atoms with E-state index >= 15 is 0 Å². The van der Waals surface area contributed by atoms with Crippen LogP contribution in [0, 0.1) is 0 Å². The normalized spacial score (nSPS) is 25.1. The van der Waals surface area contributed by atoms with Crippen molar-refractivity contribution in [3.63, 3.8) is 0 Å². The molecule has 4 N–H and O–H groups in total. The number of carbonyl (C=O) groups excluding carboxylic acids is 1. The number of nitrogens with one attached hydrogen (secondary N) is 2. The molecule has 4 rings (SSSR count). The lowest BCUT2D eigenvalue weighted by molar-refractivity contribution is -0.137. The summed E-state index contributed by atoms with van der Waals surface area (Å²) in [5.41, 5.74) is -1.45. The molecule has 1 amide bonds. The molecule has 8 nitrogen and oxygen atoms in total. The number of hydrogen-bond donors (Lipinski definition) is 4. The number of hydrogen-bond acceptors (Lipinski definition) is 7. The zero-order chi connectivity index (χ0) is 24.5. The van der Waals surface area contributed by atoms with Crippen molar-refractivity contribution < 1.29 is 28.2 Å². The highest BCUT2D eigenvalue weighted by Gasteiger charge is 2.42. The van der Waals surface area contributed by atoms with Gasteiger partial charge in [-0.25, -0.2) is 9.97 Å². The monoisotopic (exact) mass is 481 g/mol. The van der Waals surface area contributed by atoms with Crippen LogP contribution in [-0.4, -0.2) is 74.4 Å². The van der Waals surface area contributed by atoms with Gasteiger partial charge in [-0.2, -0.15) is 13.2 Å². The number of aromatic nitrogens is 2. The zero-order valence-corrected chi connectivity index (χ0v) is 19.0. The van der Waals surface area contributed by atoms with Crippen molar-refractivity contribution in [2.45, 2.75) is 69.0 Å². The van der Waals surface area contributed by atoms with Crippen LogP contribution in [0.3, 0.4) is 0 Å². The van der Waals surface area contributed by atoms with Crippen LogP contribution in [0.2, 0.25) is 0 Å². The molecule has 0 bridgehead atoms. The average Bonchev–Trinajstić information content (AvgIpc) is 2.79. The van der Waals surface area contributed by atoms with Gasteiger partial charge in [0.1, 0.15) is 12.1 Å². The Balaban J connectivity index is 1.25. The number of aliphatic hydroxyl groups is 2. The van der Waals surface area contributed by atoms with Crippen LogP contribution >= 0.6 is 0 Å². The Morgan fingerprint density at radius 2 is 1.97 bits per heavy atom. The van der Waals surface area contributed by atoms with Gasteiger partial charge in [0.25, 0.3) is 0 Å². The number of benzene rings is 1. The topological polar surface area (TPSA) is 111 Å². The molecule has 0 radical (unpaired) electrons. The maximum absolute atomic E-state index is 13.1. The fraction of sp³-hybridized carbons (Fsp3) is 0.609. The van der Waals surface area contributed by atoms with E-state index in [0.717, 1.165) is 25.0 Å². The summed E-state index contributed by atoms with van der Waals surface area (Å²) in [7, 11) is 0. The molecule has 1 aliphatic carbocycles. The van der Waals surface area contributed by atoms with Gasteiger partial charge in [0.15, 0.2) is 0 Å². The first-order chi connectivity index (χ1) is 16.1. The molecular formula is C23H30F3N5O3. The lowest BCUT2D eigenvalue weighted by Gasteiger charge is -2.48. The van der Waals surface area contributed by atoms with Crippen molar-refractivity contribution in [2.75, 3.05) is 25.0 Å². The molecule has 1 aliphatic heterocycles. The molecule has 11 heteroatoms. The number of anilines is 1. The maximum Gasteiger partial charge on any atom is 0.416 e. The zero-order valence-electron chi connectivity index (χ0n) is 19.0. The number of likely N-dealkylation sites (tertiary alicyclic amines) is 1. The average molecular weight is 482 g/mol. The lowest BCUT2D eigenvalue weighted by atomic mass is 9.77. The summed E-state index contributed by atoms with van der Waals surface area (Å²) in [5.74, 6) is -0.0991. The molecule has 1 saturated heterocycles. The van der Waals surface area contributed by atoms with E-state index in [0.29, 0.717) is 43.9 Å². The van der Waals surface area contributed by atoms with E-state index in [-0.39, 0.29) is 29.7 Å². The van der Waals surface area contributed by atoms with Gasteiger partial charge in [-0.15, -0.1) is 0 Å². The van der Waals surface area contributed by atoms with Gasteiger partial charge in [-0.1, -0.05) is 6.92 Å². The van der Waals surface area contributed by atoms with Crippen LogP contribution in [0.4, 0.5) is 19.0 Å². The Bertz CT molecular complexity index is 1020. The van der Waals surface area contributed by atoms with Crippen molar-refractivity contribution in [3.05, 3.63) is 30.1 Å². The molecule has 1 atom stereocenters. The SMILES string of the molecule is CCC(O)[C@]1(O)CC[C@H](N2CC(NC(=O)CNc3ncnc4ccc(C(F)(F)F)cc34)C2)CC1. The number of rotatable bonds is 7. The van der Waals surface area contributed by atoms with Gasteiger partial charge in [0.2, 0.25) is 5.91 Å². The summed E-state index contributed by atoms with van der Waals surface area (Å²) in [6.45, 7) is 3.15.